The van der Waals surface area contributed by atoms with Gasteiger partial charge in [-0.2, -0.15) is 0 Å². The molecule has 0 radical (unpaired) electrons. The van der Waals surface area contributed by atoms with Crippen molar-refractivity contribution in [1.29, 1.82) is 0 Å². The van der Waals surface area contributed by atoms with E-state index in [1.165, 1.54) is 12.1 Å². The van der Waals surface area contributed by atoms with E-state index < -0.39 is 22.7 Å². The van der Waals surface area contributed by atoms with Gasteiger partial charge in [-0.1, -0.05) is 36.4 Å². The van der Waals surface area contributed by atoms with Crippen LogP contribution in [0.2, 0.25) is 0 Å². The molecule has 2 aliphatic rings. The molecule has 2 atom stereocenters. The minimum atomic E-state index is -0.942. The van der Waals surface area contributed by atoms with Crippen molar-refractivity contribution in [3.63, 3.8) is 0 Å². The van der Waals surface area contributed by atoms with Crippen LogP contribution in [-0.2, 0) is 14.3 Å². The van der Waals surface area contributed by atoms with E-state index in [0.717, 1.165) is 5.57 Å². The first kappa shape index (κ1) is 16.8. The Morgan fingerprint density at radius 2 is 2.00 bits per heavy atom. The summed E-state index contributed by atoms with van der Waals surface area (Å²) in [6.07, 6.45) is 7.86. The van der Waals surface area contributed by atoms with Crippen LogP contribution in [0, 0.1) is 16.0 Å². The van der Waals surface area contributed by atoms with Crippen LogP contribution in [0.25, 0.3) is 0 Å². The van der Waals surface area contributed by atoms with Crippen molar-refractivity contribution in [3.8, 4) is 0 Å². The third kappa shape index (κ3) is 3.03. The Balaban J connectivity index is 2.06. The van der Waals surface area contributed by atoms with Crippen molar-refractivity contribution in [2.45, 2.75) is 19.3 Å². The number of allylic oxidation sites excluding steroid dienone is 6. The van der Waals surface area contributed by atoms with Crippen LogP contribution in [-0.4, -0.2) is 23.3 Å². The number of ketones is 1. The molecule has 0 fully saturated rings. The Hall–Kier alpha value is -3.02. The second kappa shape index (κ2) is 6.84. The predicted octanol–water partition coefficient (Wildman–Crippen LogP) is 3.25. The number of esters is 1. The number of ether oxygens (including phenoxy) is 1. The highest BCUT2D eigenvalue weighted by molar-refractivity contribution is 6.13. The monoisotopic (exact) mass is 339 g/mol. The molecule has 0 saturated heterocycles. The third-order valence-corrected chi connectivity index (χ3v) is 4.45. The fraction of sp³-hybridized carbons (Fsp3) is 0.263. The smallest absolute Gasteiger partial charge is 0.317 e. The fourth-order valence-electron chi connectivity index (χ4n) is 3.35. The van der Waals surface area contributed by atoms with E-state index in [0.29, 0.717) is 17.6 Å². The zero-order chi connectivity index (χ0) is 18.0. The largest absolute Gasteiger partial charge is 0.465 e. The van der Waals surface area contributed by atoms with E-state index in [2.05, 4.69) is 0 Å². The SMILES string of the molecule is CCOC(=O)[C@@H]1C(=O)C2=C(C=CC=CC2)[C@H]1c1ccc([N+](=O)[O-])cc1. The molecule has 6 nitrogen and oxygen atoms in total. The van der Waals surface area contributed by atoms with Gasteiger partial charge in [0.1, 0.15) is 5.92 Å². The molecule has 0 aromatic heterocycles. The Morgan fingerprint density at radius 3 is 2.64 bits per heavy atom. The topological polar surface area (TPSA) is 86.5 Å². The molecule has 0 aliphatic heterocycles. The molecule has 0 bridgehead atoms. The molecule has 6 heteroatoms. The normalized spacial score (nSPS) is 21.9. The number of hydrogen-bond donors (Lipinski definition) is 0. The lowest BCUT2D eigenvalue weighted by Gasteiger charge is -2.19. The summed E-state index contributed by atoms with van der Waals surface area (Å²) in [5.74, 6) is -2.21. The van der Waals surface area contributed by atoms with Gasteiger partial charge in [0.25, 0.3) is 5.69 Å². The van der Waals surface area contributed by atoms with Crippen LogP contribution >= 0.6 is 0 Å². The Morgan fingerprint density at radius 1 is 1.28 bits per heavy atom. The van der Waals surface area contributed by atoms with Gasteiger partial charge in [-0.05, 0) is 24.5 Å². The Labute approximate surface area is 144 Å². The Bertz CT molecular complexity index is 817. The van der Waals surface area contributed by atoms with Gasteiger partial charge in [0.15, 0.2) is 5.78 Å². The zero-order valence-electron chi connectivity index (χ0n) is 13.7. The summed E-state index contributed by atoms with van der Waals surface area (Å²) in [5, 5.41) is 10.9. The van der Waals surface area contributed by atoms with Gasteiger partial charge < -0.3 is 4.74 Å². The van der Waals surface area contributed by atoms with E-state index in [9.17, 15) is 19.7 Å². The van der Waals surface area contributed by atoms with Crippen LogP contribution in [0.4, 0.5) is 5.69 Å². The number of nitro benzene ring substituents is 1. The van der Waals surface area contributed by atoms with Crippen molar-refractivity contribution < 1.29 is 19.2 Å². The highest BCUT2D eigenvalue weighted by Crippen LogP contribution is 2.45. The fourth-order valence-corrected chi connectivity index (χ4v) is 3.35. The molecule has 1 aromatic rings. The third-order valence-electron chi connectivity index (χ3n) is 4.45. The molecule has 2 aliphatic carbocycles. The van der Waals surface area contributed by atoms with Gasteiger partial charge in [0, 0.05) is 23.6 Å². The number of non-ortho nitro benzene ring substituents is 1. The summed E-state index contributed by atoms with van der Waals surface area (Å²) in [6.45, 7) is 1.88. The first-order valence-electron chi connectivity index (χ1n) is 8.06. The lowest BCUT2D eigenvalue weighted by Crippen LogP contribution is -2.28. The van der Waals surface area contributed by atoms with Crippen LogP contribution in [0.5, 0.6) is 0 Å². The molecule has 25 heavy (non-hydrogen) atoms. The number of hydrogen-bond acceptors (Lipinski definition) is 5. The number of nitro groups is 1. The molecular formula is C19H17NO5. The molecule has 128 valence electrons. The molecule has 1 aromatic carbocycles. The van der Waals surface area contributed by atoms with Gasteiger partial charge >= 0.3 is 5.97 Å². The second-order valence-corrected chi connectivity index (χ2v) is 5.85. The summed E-state index contributed by atoms with van der Waals surface area (Å²) in [4.78, 5) is 35.6. The number of benzene rings is 1. The first-order valence-corrected chi connectivity index (χ1v) is 8.06. The number of nitrogens with zero attached hydrogens (tertiary/aromatic N) is 1. The maximum absolute atomic E-state index is 12.8. The van der Waals surface area contributed by atoms with Crippen molar-refractivity contribution >= 4 is 17.4 Å². The van der Waals surface area contributed by atoms with Gasteiger partial charge in [-0.3, -0.25) is 19.7 Å². The molecule has 0 saturated carbocycles. The standard InChI is InChI=1S/C19H17NO5/c1-2-25-19(22)17-16(12-8-10-13(11-9-12)20(23)24)14-6-4-3-5-7-15(14)18(17)21/h3-6,8-11,16-17H,2,7H2,1H3/t16-,17+/m1/s1. The molecule has 0 amide bonds. The number of carbonyl (C=O) groups is 2. The summed E-state index contributed by atoms with van der Waals surface area (Å²) in [5.41, 5.74) is 2.04. The summed E-state index contributed by atoms with van der Waals surface area (Å²) < 4.78 is 5.11. The van der Waals surface area contributed by atoms with Crippen LogP contribution in [0.15, 0.2) is 59.7 Å². The molecular weight excluding hydrogens is 322 g/mol. The van der Waals surface area contributed by atoms with Crippen molar-refractivity contribution in [3.05, 3.63) is 75.4 Å². The first-order chi connectivity index (χ1) is 12.0. The van der Waals surface area contributed by atoms with Crippen LogP contribution < -0.4 is 0 Å². The minimum absolute atomic E-state index is 0.0342. The second-order valence-electron chi connectivity index (χ2n) is 5.85. The van der Waals surface area contributed by atoms with Crippen LogP contribution in [0.1, 0.15) is 24.8 Å². The molecule has 0 spiro atoms. The van der Waals surface area contributed by atoms with Gasteiger partial charge in [0.05, 0.1) is 11.5 Å². The molecule has 3 rings (SSSR count). The summed E-state index contributed by atoms with van der Waals surface area (Å²) >= 11 is 0. The van der Waals surface area contributed by atoms with E-state index in [4.69, 9.17) is 4.74 Å². The highest BCUT2D eigenvalue weighted by Gasteiger charge is 2.46. The van der Waals surface area contributed by atoms with E-state index in [1.807, 2.05) is 24.3 Å². The molecule has 0 heterocycles. The van der Waals surface area contributed by atoms with Crippen LogP contribution in [0.3, 0.4) is 0 Å². The van der Waals surface area contributed by atoms with E-state index >= 15 is 0 Å². The number of rotatable bonds is 4. The van der Waals surface area contributed by atoms with E-state index in [1.54, 1.807) is 19.1 Å². The van der Waals surface area contributed by atoms with E-state index in [-0.39, 0.29) is 18.1 Å². The lowest BCUT2D eigenvalue weighted by atomic mass is 9.84. The Kier molecular flexibility index (Phi) is 4.61. The average molecular weight is 339 g/mol. The van der Waals surface area contributed by atoms with Gasteiger partial charge in [-0.25, -0.2) is 0 Å². The predicted molar refractivity (Wildman–Crippen MR) is 90.9 cm³/mol. The minimum Gasteiger partial charge on any atom is -0.465 e. The maximum Gasteiger partial charge on any atom is 0.317 e. The molecule has 0 unspecified atom stereocenters. The van der Waals surface area contributed by atoms with Gasteiger partial charge in [0.2, 0.25) is 0 Å². The molecule has 0 N–H and O–H groups in total. The lowest BCUT2D eigenvalue weighted by molar-refractivity contribution is -0.384. The quantitative estimate of drug-likeness (QED) is 0.364. The summed E-state index contributed by atoms with van der Waals surface area (Å²) in [7, 11) is 0. The maximum atomic E-state index is 12.8. The van der Waals surface area contributed by atoms with Crippen molar-refractivity contribution in [2.24, 2.45) is 5.92 Å². The number of Topliss-reactive ketones (excluding diaryl/α,β-unsaturated/α-hetero) is 1. The zero-order valence-corrected chi connectivity index (χ0v) is 13.7. The average Bonchev–Trinajstić information content (AvgIpc) is 2.76. The van der Waals surface area contributed by atoms with Gasteiger partial charge in [-0.15, -0.1) is 0 Å². The van der Waals surface area contributed by atoms with Crippen molar-refractivity contribution in [2.75, 3.05) is 6.61 Å². The van der Waals surface area contributed by atoms with Crippen molar-refractivity contribution in [1.82, 2.24) is 0 Å². The number of carbonyl (C=O) groups excluding carboxylic acids is 2. The summed E-state index contributed by atoms with van der Waals surface area (Å²) in [6, 6.07) is 5.98. The highest BCUT2D eigenvalue weighted by atomic mass is 16.6.